The molecule has 1 fully saturated rings. The third-order valence-corrected chi connectivity index (χ3v) is 5.13. The smallest absolute Gasteiger partial charge is 0.107 e. The maximum Gasteiger partial charge on any atom is 0.107 e. The molecule has 0 bridgehead atoms. The molecule has 0 aromatic carbocycles. The minimum absolute atomic E-state index is 0.255. The van der Waals surface area contributed by atoms with Crippen molar-refractivity contribution in [2.45, 2.75) is 44.2 Å². The quantitative estimate of drug-likeness (QED) is 0.854. The zero-order chi connectivity index (χ0) is 11.3. The van der Waals surface area contributed by atoms with Gasteiger partial charge < -0.3 is 10.1 Å². The molecule has 2 unspecified atom stereocenters. The second-order valence-corrected chi connectivity index (χ2v) is 6.51. The Morgan fingerprint density at radius 1 is 1.56 bits per heavy atom. The first-order chi connectivity index (χ1) is 7.66. The number of ether oxygens (including phenoxy) is 1. The Hall–Kier alpha value is -0.380. The molecule has 2 atom stereocenters. The van der Waals surface area contributed by atoms with Crippen LogP contribution in [0.5, 0.6) is 0 Å². The van der Waals surface area contributed by atoms with Gasteiger partial charge in [-0.2, -0.15) is 0 Å². The Labute approximate surface area is 101 Å². The average Bonchev–Trinajstić information content (AvgIpc) is 2.93. The molecule has 2 nitrogen and oxygen atoms in total. The van der Waals surface area contributed by atoms with E-state index in [1.807, 2.05) is 18.4 Å². The van der Waals surface area contributed by atoms with Gasteiger partial charge in [0.2, 0.25) is 0 Å². The molecule has 0 amide bonds. The molecule has 0 saturated heterocycles. The van der Waals surface area contributed by atoms with Crippen molar-refractivity contribution in [2.75, 3.05) is 13.7 Å². The van der Waals surface area contributed by atoms with Crippen LogP contribution in [0.3, 0.4) is 0 Å². The van der Waals surface area contributed by atoms with Crippen LogP contribution in [-0.4, -0.2) is 19.7 Å². The normalized spacial score (nSPS) is 27.8. The molecule has 1 aromatic heterocycles. The Balaban J connectivity index is 2.01. The van der Waals surface area contributed by atoms with Crippen molar-refractivity contribution in [3.05, 3.63) is 21.4 Å². The number of fused-ring (bicyclic) bond motifs is 2. The van der Waals surface area contributed by atoms with Crippen LogP contribution in [0.2, 0.25) is 0 Å². The maximum absolute atomic E-state index is 6.10. The van der Waals surface area contributed by atoms with Gasteiger partial charge in [-0.25, -0.2) is 0 Å². The van der Waals surface area contributed by atoms with Gasteiger partial charge in [-0.15, -0.1) is 11.3 Å². The second-order valence-electron chi connectivity index (χ2n) is 5.22. The molecular weight excluding hydrogens is 218 g/mol. The summed E-state index contributed by atoms with van der Waals surface area (Å²) in [6, 6.07) is 2.79. The standard InChI is InChI=1S/C13H19NOS/c1-8-6-10-12(16-8)11(9(2)14-3)15-7-13(10)4-5-13/h6,9,11,14H,4-5,7H2,1-3H3. The fourth-order valence-corrected chi connectivity index (χ4v) is 3.95. The van der Waals surface area contributed by atoms with Crippen LogP contribution in [0.4, 0.5) is 0 Å². The first-order valence-corrected chi connectivity index (χ1v) is 6.88. The summed E-state index contributed by atoms with van der Waals surface area (Å²) in [6.45, 7) is 5.33. The van der Waals surface area contributed by atoms with Crippen molar-refractivity contribution < 1.29 is 4.74 Å². The summed E-state index contributed by atoms with van der Waals surface area (Å²) in [4.78, 5) is 2.90. The van der Waals surface area contributed by atoms with Crippen molar-refractivity contribution in [1.82, 2.24) is 5.32 Å². The third-order valence-electron chi connectivity index (χ3n) is 4.02. The Morgan fingerprint density at radius 3 is 2.94 bits per heavy atom. The van der Waals surface area contributed by atoms with Crippen LogP contribution in [-0.2, 0) is 10.2 Å². The second kappa shape index (κ2) is 3.56. The van der Waals surface area contributed by atoms with E-state index in [2.05, 4.69) is 25.2 Å². The molecular formula is C13H19NOS. The molecule has 1 aliphatic carbocycles. The number of hydrogen-bond donors (Lipinski definition) is 1. The average molecular weight is 237 g/mol. The number of nitrogens with one attached hydrogen (secondary N) is 1. The van der Waals surface area contributed by atoms with Gasteiger partial charge in [0.15, 0.2) is 0 Å². The topological polar surface area (TPSA) is 21.3 Å². The maximum atomic E-state index is 6.10. The number of aryl methyl sites for hydroxylation is 1. The summed E-state index contributed by atoms with van der Waals surface area (Å²) in [5.74, 6) is 0. The van der Waals surface area contributed by atoms with Crippen molar-refractivity contribution in [2.24, 2.45) is 0 Å². The molecule has 3 rings (SSSR count). The summed E-state index contributed by atoms with van der Waals surface area (Å²) in [5.41, 5.74) is 2.00. The predicted molar refractivity (Wildman–Crippen MR) is 67.2 cm³/mol. The molecule has 88 valence electrons. The van der Waals surface area contributed by atoms with Crippen molar-refractivity contribution in [3.63, 3.8) is 0 Å². The summed E-state index contributed by atoms with van der Waals surface area (Å²) in [5, 5.41) is 3.31. The number of likely N-dealkylation sites (N-methyl/N-ethyl adjacent to an activating group) is 1. The molecule has 1 spiro atoms. The Morgan fingerprint density at radius 2 is 2.31 bits per heavy atom. The van der Waals surface area contributed by atoms with Crippen molar-refractivity contribution in [3.8, 4) is 0 Å². The summed E-state index contributed by atoms with van der Waals surface area (Å²) in [6.07, 6.45) is 2.89. The summed E-state index contributed by atoms with van der Waals surface area (Å²) < 4.78 is 6.10. The van der Waals surface area contributed by atoms with E-state index in [-0.39, 0.29) is 6.10 Å². The van der Waals surface area contributed by atoms with Crippen LogP contribution in [0.25, 0.3) is 0 Å². The van der Waals surface area contributed by atoms with E-state index >= 15 is 0 Å². The lowest BCUT2D eigenvalue weighted by molar-refractivity contribution is 0.00593. The molecule has 1 N–H and O–H groups in total. The lowest BCUT2D eigenvalue weighted by atomic mass is 9.91. The molecule has 2 aliphatic rings. The van der Waals surface area contributed by atoms with Crippen LogP contribution in [0.15, 0.2) is 6.07 Å². The summed E-state index contributed by atoms with van der Waals surface area (Å²) in [7, 11) is 2.01. The van der Waals surface area contributed by atoms with Gasteiger partial charge in [-0.05, 0) is 45.4 Å². The number of hydrogen-bond acceptors (Lipinski definition) is 3. The SMILES string of the molecule is CNC(C)C1OCC2(CC2)c2cc(C)sc21. The number of thiophene rings is 1. The summed E-state index contributed by atoms with van der Waals surface area (Å²) >= 11 is 1.92. The van der Waals surface area contributed by atoms with Crippen molar-refractivity contribution in [1.29, 1.82) is 0 Å². The fraction of sp³-hybridized carbons (Fsp3) is 0.692. The van der Waals surface area contributed by atoms with Gasteiger partial charge in [0, 0.05) is 21.2 Å². The molecule has 1 saturated carbocycles. The van der Waals surface area contributed by atoms with Crippen LogP contribution < -0.4 is 5.32 Å². The third kappa shape index (κ3) is 1.45. The largest absolute Gasteiger partial charge is 0.370 e. The molecule has 16 heavy (non-hydrogen) atoms. The zero-order valence-corrected chi connectivity index (χ0v) is 11.0. The first-order valence-electron chi connectivity index (χ1n) is 6.06. The van der Waals surface area contributed by atoms with E-state index < -0.39 is 0 Å². The highest BCUT2D eigenvalue weighted by molar-refractivity contribution is 7.12. The Kier molecular flexibility index (Phi) is 2.39. The zero-order valence-electron chi connectivity index (χ0n) is 10.2. The predicted octanol–water partition coefficient (Wildman–Crippen LogP) is 2.77. The van der Waals surface area contributed by atoms with Gasteiger partial charge in [-0.1, -0.05) is 0 Å². The highest BCUT2D eigenvalue weighted by Crippen LogP contribution is 2.56. The van der Waals surface area contributed by atoms with E-state index in [4.69, 9.17) is 4.74 Å². The lowest BCUT2D eigenvalue weighted by Gasteiger charge is -2.32. The van der Waals surface area contributed by atoms with Crippen LogP contribution in [0.1, 0.15) is 41.2 Å². The minimum atomic E-state index is 0.255. The van der Waals surface area contributed by atoms with Gasteiger partial charge in [-0.3, -0.25) is 0 Å². The first kappa shape index (κ1) is 10.8. The molecule has 0 radical (unpaired) electrons. The molecule has 1 aromatic rings. The fourth-order valence-electron chi connectivity index (χ4n) is 2.65. The van der Waals surface area contributed by atoms with Gasteiger partial charge in [0.1, 0.15) is 6.10 Å². The van der Waals surface area contributed by atoms with E-state index in [9.17, 15) is 0 Å². The van der Waals surface area contributed by atoms with E-state index in [0.717, 1.165) is 6.61 Å². The Bertz CT molecular complexity index is 408. The monoisotopic (exact) mass is 237 g/mol. The molecule has 2 heterocycles. The van der Waals surface area contributed by atoms with Crippen molar-refractivity contribution >= 4 is 11.3 Å². The molecule has 1 aliphatic heterocycles. The highest BCUT2D eigenvalue weighted by Gasteiger charge is 2.51. The van der Waals surface area contributed by atoms with E-state index in [1.54, 1.807) is 5.56 Å². The van der Waals surface area contributed by atoms with Gasteiger partial charge >= 0.3 is 0 Å². The lowest BCUT2D eigenvalue weighted by Crippen LogP contribution is -2.36. The van der Waals surface area contributed by atoms with E-state index in [0.29, 0.717) is 11.5 Å². The molecule has 3 heteroatoms. The van der Waals surface area contributed by atoms with Crippen LogP contribution >= 0.6 is 11.3 Å². The van der Waals surface area contributed by atoms with Gasteiger partial charge in [0.25, 0.3) is 0 Å². The minimum Gasteiger partial charge on any atom is -0.370 e. The van der Waals surface area contributed by atoms with Gasteiger partial charge in [0.05, 0.1) is 6.61 Å². The van der Waals surface area contributed by atoms with E-state index in [1.165, 1.54) is 22.6 Å². The van der Waals surface area contributed by atoms with Crippen LogP contribution in [0, 0.1) is 6.92 Å². The number of rotatable bonds is 2. The highest BCUT2D eigenvalue weighted by atomic mass is 32.1.